The minimum absolute atomic E-state index is 0.0476. The topological polar surface area (TPSA) is 35.2 Å². The maximum absolute atomic E-state index is 13.1. The van der Waals surface area contributed by atoms with Gasteiger partial charge < -0.3 is 10.5 Å². The fraction of sp³-hybridized carbons (Fsp3) is 0.333. The number of rotatable bonds is 3. The van der Waals surface area contributed by atoms with Crippen molar-refractivity contribution < 1.29 is 13.5 Å². The second-order valence-electron chi connectivity index (χ2n) is 2.51. The molecular weight excluding hydrogens is 176 g/mol. The highest BCUT2D eigenvalue weighted by Crippen LogP contribution is 2.23. The Kier molecular flexibility index (Phi) is 3.19. The van der Waals surface area contributed by atoms with Crippen molar-refractivity contribution in [2.75, 3.05) is 6.61 Å². The number of hydrogen-bond donors (Lipinski definition) is 1. The first-order valence-corrected chi connectivity index (χ1v) is 3.99. The summed E-state index contributed by atoms with van der Waals surface area (Å²) in [7, 11) is 0. The molecule has 72 valence electrons. The number of halogens is 2. The normalized spacial score (nSPS) is 10.2. The molecule has 1 rings (SSSR count). The predicted octanol–water partition coefficient (Wildman–Crippen LogP) is 1.82. The summed E-state index contributed by atoms with van der Waals surface area (Å²) in [6, 6.07) is 1.96. The molecule has 2 nitrogen and oxygen atoms in total. The van der Waals surface area contributed by atoms with Crippen LogP contribution >= 0.6 is 0 Å². The lowest BCUT2D eigenvalue weighted by Crippen LogP contribution is -2.04. The summed E-state index contributed by atoms with van der Waals surface area (Å²) >= 11 is 0. The largest absolute Gasteiger partial charge is 0.490 e. The molecular formula is C9H11F2NO. The minimum atomic E-state index is -0.706. The van der Waals surface area contributed by atoms with Crippen molar-refractivity contribution in [3.63, 3.8) is 0 Å². The van der Waals surface area contributed by atoms with Crippen LogP contribution in [0.3, 0.4) is 0 Å². The Labute approximate surface area is 75.3 Å². The molecule has 0 atom stereocenters. The Morgan fingerprint density at radius 1 is 1.38 bits per heavy atom. The summed E-state index contributed by atoms with van der Waals surface area (Å²) in [5, 5.41) is 0. The quantitative estimate of drug-likeness (QED) is 0.783. The molecule has 0 saturated carbocycles. The maximum Gasteiger partial charge on any atom is 0.168 e. The lowest BCUT2D eigenvalue weighted by molar-refractivity contribution is 0.316. The molecule has 0 fully saturated rings. The van der Waals surface area contributed by atoms with Gasteiger partial charge in [0.25, 0.3) is 0 Å². The molecule has 0 unspecified atom stereocenters. The number of ether oxygens (including phenoxy) is 1. The Hall–Kier alpha value is -1.16. The zero-order valence-corrected chi connectivity index (χ0v) is 7.31. The number of hydrogen-bond acceptors (Lipinski definition) is 2. The smallest absolute Gasteiger partial charge is 0.168 e. The van der Waals surface area contributed by atoms with E-state index >= 15 is 0 Å². The van der Waals surface area contributed by atoms with Gasteiger partial charge in [-0.1, -0.05) is 0 Å². The monoisotopic (exact) mass is 187 g/mol. The third kappa shape index (κ3) is 2.15. The minimum Gasteiger partial charge on any atom is -0.490 e. The average molecular weight is 187 g/mol. The fourth-order valence-electron chi connectivity index (χ4n) is 1.07. The summed E-state index contributed by atoms with van der Waals surface area (Å²) in [6.07, 6.45) is 0. The lowest BCUT2D eigenvalue weighted by Gasteiger charge is -2.09. The summed E-state index contributed by atoms with van der Waals surface area (Å²) in [4.78, 5) is 0. The van der Waals surface area contributed by atoms with E-state index in [1.807, 2.05) is 0 Å². The molecule has 0 radical (unpaired) electrons. The van der Waals surface area contributed by atoms with Crippen LogP contribution in [-0.4, -0.2) is 6.61 Å². The molecule has 0 bridgehead atoms. The second kappa shape index (κ2) is 4.18. The summed E-state index contributed by atoms with van der Waals surface area (Å²) in [6.45, 7) is 2.11. The van der Waals surface area contributed by atoms with Crippen LogP contribution in [0.15, 0.2) is 12.1 Å². The van der Waals surface area contributed by atoms with E-state index in [-0.39, 0.29) is 12.3 Å². The van der Waals surface area contributed by atoms with Crippen molar-refractivity contribution >= 4 is 0 Å². The van der Waals surface area contributed by atoms with Crippen LogP contribution in [0.1, 0.15) is 12.5 Å². The molecule has 13 heavy (non-hydrogen) atoms. The lowest BCUT2D eigenvalue weighted by atomic mass is 10.2. The highest BCUT2D eigenvalue weighted by Gasteiger charge is 2.10. The Morgan fingerprint density at radius 3 is 2.62 bits per heavy atom. The number of benzene rings is 1. The van der Waals surface area contributed by atoms with Gasteiger partial charge in [-0.05, 0) is 13.0 Å². The molecule has 0 amide bonds. The van der Waals surface area contributed by atoms with Gasteiger partial charge in [0, 0.05) is 18.2 Å². The number of nitrogens with two attached hydrogens (primary N) is 1. The van der Waals surface area contributed by atoms with E-state index in [0.29, 0.717) is 12.2 Å². The van der Waals surface area contributed by atoms with Gasteiger partial charge in [-0.3, -0.25) is 0 Å². The Morgan fingerprint density at radius 2 is 2.08 bits per heavy atom. The molecule has 4 heteroatoms. The first-order valence-electron chi connectivity index (χ1n) is 3.99. The van der Waals surface area contributed by atoms with Crippen LogP contribution in [0.25, 0.3) is 0 Å². The average Bonchev–Trinajstić information content (AvgIpc) is 2.09. The fourth-order valence-corrected chi connectivity index (χ4v) is 1.07. The summed E-state index contributed by atoms with van der Waals surface area (Å²) < 4.78 is 30.7. The van der Waals surface area contributed by atoms with Crippen LogP contribution in [0.5, 0.6) is 5.75 Å². The molecule has 0 heterocycles. The first kappa shape index (κ1) is 9.92. The zero-order chi connectivity index (χ0) is 9.84. The van der Waals surface area contributed by atoms with Crippen molar-refractivity contribution in [3.8, 4) is 5.75 Å². The SMILES string of the molecule is CCOc1c(F)cc(F)cc1CN. The molecule has 0 aliphatic carbocycles. The van der Waals surface area contributed by atoms with Crippen LogP contribution < -0.4 is 10.5 Å². The van der Waals surface area contributed by atoms with Crippen molar-refractivity contribution in [2.24, 2.45) is 5.73 Å². The van der Waals surface area contributed by atoms with Crippen LogP contribution in [0, 0.1) is 11.6 Å². The van der Waals surface area contributed by atoms with Gasteiger partial charge >= 0.3 is 0 Å². The molecule has 0 aliphatic rings. The van der Waals surface area contributed by atoms with Gasteiger partial charge in [-0.15, -0.1) is 0 Å². The molecule has 1 aromatic carbocycles. The van der Waals surface area contributed by atoms with Gasteiger partial charge in [-0.2, -0.15) is 0 Å². The molecule has 0 saturated heterocycles. The first-order chi connectivity index (χ1) is 6.19. The van der Waals surface area contributed by atoms with Crippen LogP contribution in [0.2, 0.25) is 0 Å². The standard InChI is InChI=1S/C9H11F2NO/c1-2-13-9-6(5-12)3-7(10)4-8(9)11/h3-4H,2,5,12H2,1H3. The molecule has 0 spiro atoms. The molecule has 2 N–H and O–H groups in total. The predicted molar refractivity (Wildman–Crippen MR) is 45.4 cm³/mol. The van der Waals surface area contributed by atoms with E-state index in [0.717, 1.165) is 6.07 Å². The van der Waals surface area contributed by atoms with E-state index in [2.05, 4.69) is 0 Å². The third-order valence-corrected chi connectivity index (χ3v) is 1.59. The molecule has 0 aromatic heterocycles. The van der Waals surface area contributed by atoms with Crippen LogP contribution in [0.4, 0.5) is 8.78 Å². The van der Waals surface area contributed by atoms with Crippen molar-refractivity contribution in [1.82, 2.24) is 0 Å². The van der Waals surface area contributed by atoms with Gasteiger partial charge in [0.2, 0.25) is 0 Å². The zero-order valence-electron chi connectivity index (χ0n) is 7.31. The van der Waals surface area contributed by atoms with Crippen LogP contribution in [-0.2, 0) is 6.54 Å². The van der Waals surface area contributed by atoms with E-state index < -0.39 is 11.6 Å². The Balaban J connectivity index is 3.13. The molecule has 0 aliphatic heterocycles. The Bertz CT molecular complexity index is 302. The van der Waals surface area contributed by atoms with E-state index in [4.69, 9.17) is 10.5 Å². The van der Waals surface area contributed by atoms with Gasteiger partial charge in [0.05, 0.1) is 6.61 Å². The maximum atomic E-state index is 13.1. The van der Waals surface area contributed by atoms with Gasteiger partial charge in [0.1, 0.15) is 5.82 Å². The van der Waals surface area contributed by atoms with Gasteiger partial charge in [0.15, 0.2) is 11.6 Å². The van der Waals surface area contributed by atoms with E-state index in [1.165, 1.54) is 6.07 Å². The summed E-state index contributed by atoms with van der Waals surface area (Å²) in [5.41, 5.74) is 5.65. The van der Waals surface area contributed by atoms with Crippen molar-refractivity contribution in [1.29, 1.82) is 0 Å². The second-order valence-corrected chi connectivity index (χ2v) is 2.51. The summed E-state index contributed by atoms with van der Waals surface area (Å²) in [5.74, 6) is -1.30. The third-order valence-electron chi connectivity index (χ3n) is 1.59. The van der Waals surface area contributed by atoms with Crippen molar-refractivity contribution in [3.05, 3.63) is 29.3 Å². The van der Waals surface area contributed by atoms with Crippen molar-refractivity contribution in [2.45, 2.75) is 13.5 Å². The highest BCUT2D eigenvalue weighted by molar-refractivity contribution is 5.35. The highest BCUT2D eigenvalue weighted by atomic mass is 19.1. The van der Waals surface area contributed by atoms with E-state index in [1.54, 1.807) is 6.92 Å². The van der Waals surface area contributed by atoms with E-state index in [9.17, 15) is 8.78 Å². The van der Waals surface area contributed by atoms with Gasteiger partial charge in [-0.25, -0.2) is 8.78 Å². The molecule has 1 aromatic rings.